The lowest BCUT2D eigenvalue weighted by Crippen LogP contribution is -2.36. The molecule has 1 aromatic rings. The quantitative estimate of drug-likeness (QED) is 0.806. The van der Waals surface area contributed by atoms with Crippen molar-refractivity contribution in [2.75, 3.05) is 39.9 Å². The predicted molar refractivity (Wildman–Crippen MR) is 85.7 cm³/mol. The molecule has 0 N–H and O–H groups in total. The second-order valence-electron chi connectivity index (χ2n) is 6.75. The van der Waals surface area contributed by atoms with Crippen LogP contribution in [0.3, 0.4) is 0 Å². The molecule has 2 saturated heterocycles. The number of hydrogen-bond acceptors (Lipinski definition) is 5. The van der Waals surface area contributed by atoms with E-state index in [4.69, 9.17) is 9.15 Å². The summed E-state index contributed by atoms with van der Waals surface area (Å²) in [6.07, 6.45) is 6.48. The predicted octanol–water partition coefficient (Wildman–Crippen LogP) is 2.17. The maximum Gasteiger partial charge on any atom is 0.208 e. The van der Waals surface area contributed by atoms with E-state index in [1.165, 1.54) is 38.9 Å². The van der Waals surface area contributed by atoms with Crippen LogP contribution >= 0.6 is 0 Å². The van der Waals surface area contributed by atoms with E-state index in [1.807, 2.05) is 6.20 Å². The third-order valence-corrected chi connectivity index (χ3v) is 5.06. The second kappa shape index (κ2) is 7.57. The zero-order valence-electron chi connectivity index (χ0n) is 14.0. The van der Waals surface area contributed by atoms with Crippen LogP contribution in [0.15, 0.2) is 10.6 Å². The minimum absolute atomic E-state index is 0.622. The third kappa shape index (κ3) is 4.09. The lowest BCUT2D eigenvalue weighted by Gasteiger charge is -2.28. The van der Waals surface area contributed by atoms with Crippen molar-refractivity contribution in [3.05, 3.63) is 17.8 Å². The Morgan fingerprint density at radius 1 is 1.32 bits per heavy atom. The van der Waals surface area contributed by atoms with Gasteiger partial charge in [-0.2, -0.15) is 0 Å². The van der Waals surface area contributed by atoms with Gasteiger partial charge in [0.15, 0.2) is 0 Å². The molecule has 0 amide bonds. The molecule has 3 heterocycles. The van der Waals surface area contributed by atoms with Crippen molar-refractivity contribution in [2.24, 2.45) is 5.92 Å². The number of aromatic nitrogens is 1. The Kier molecular flexibility index (Phi) is 5.50. The van der Waals surface area contributed by atoms with Crippen molar-refractivity contribution in [3.8, 4) is 0 Å². The molecule has 0 bridgehead atoms. The van der Waals surface area contributed by atoms with Crippen LogP contribution in [0.2, 0.25) is 0 Å². The monoisotopic (exact) mass is 307 g/mol. The minimum Gasteiger partial charge on any atom is -0.444 e. The topological polar surface area (TPSA) is 41.7 Å². The minimum atomic E-state index is 0.622. The molecule has 124 valence electrons. The first-order valence-electron chi connectivity index (χ1n) is 8.68. The Bertz CT molecular complexity index is 457. The standard InChI is InChI=1S/C17H29N3O2/c1-3-16-10-18-17(22-16)13-19(2)15-4-7-20(12-15)11-14-5-8-21-9-6-14/h10,14-15H,3-9,11-13H2,1-2H3. The molecule has 22 heavy (non-hydrogen) atoms. The molecule has 0 radical (unpaired) electrons. The van der Waals surface area contributed by atoms with Gasteiger partial charge in [0.05, 0.1) is 12.7 Å². The van der Waals surface area contributed by atoms with Crippen LogP contribution in [-0.2, 0) is 17.7 Å². The molecule has 1 aromatic heterocycles. The van der Waals surface area contributed by atoms with Gasteiger partial charge in [0.2, 0.25) is 5.89 Å². The van der Waals surface area contributed by atoms with Crippen molar-refractivity contribution in [2.45, 2.75) is 45.2 Å². The van der Waals surface area contributed by atoms with Gasteiger partial charge in [0.1, 0.15) is 5.76 Å². The van der Waals surface area contributed by atoms with E-state index < -0.39 is 0 Å². The average Bonchev–Trinajstić information content (AvgIpc) is 3.17. The van der Waals surface area contributed by atoms with E-state index in [0.717, 1.165) is 43.7 Å². The van der Waals surface area contributed by atoms with Crippen molar-refractivity contribution in [1.82, 2.24) is 14.8 Å². The second-order valence-corrected chi connectivity index (χ2v) is 6.75. The summed E-state index contributed by atoms with van der Waals surface area (Å²) in [5.41, 5.74) is 0. The first-order valence-corrected chi connectivity index (χ1v) is 8.68. The lowest BCUT2D eigenvalue weighted by molar-refractivity contribution is 0.0545. The van der Waals surface area contributed by atoms with E-state index >= 15 is 0 Å². The molecule has 2 aliphatic heterocycles. The number of ether oxygens (including phenoxy) is 1. The van der Waals surface area contributed by atoms with Gasteiger partial charge in [0, 0.05) is 38.8 Å². The molecule has 1 atom stereocenters. The van der Waals surface area contributed by atoms with Crippen LogP contribution in [0, 0.1) is 5.92 Å². The Labute approximate surface area is 133 Å². The van der Waals surface area contributed by atoms with Gasteiger partial charge < -0.3 is 14.1 Å². The molecule has 5 heteroatoms. The molecule has 1 unspecified atom stereocenters. The highest BCUT2D eigenvalue weighted by Gasteiger charge is 2.28. The summed E-state index contributed by atoms with van der Waals surface area (Å²) in [7, 11) is 2.19. The number of likely N-dealkylation sites (N-methyl/N-ethyl adjacent to an activating group) is 1. The summed E-state index contributed by atoms with van der Waals surface area (Å²) in [5.74, 6) is 2.66. The van der Waals surface area contributed by atoms with Gasteiger partial charge >= 0.3 is 0 Å². The summed E-state index contributed by atoms with van der Waals surface area (Å²) < 4.78 is 11.2. The smallest absolute Gasteiger partial charge is 0.208 e. The zero-order chi connectivity index (χ0) is 15.4. The maximum absolute atomic E-state index is 5.73. The van der Waals surface area contributed by atoms with Crippen LogP contribution in [0.25, 0.3) is 0 Å². The van der Waals surface area contributed by atoms with Crippen LogP contribution in [0.1, 0.15) is 37.8 Å². The van der Waals surface area contributed by atoms with Crippen molar-refractivity contribution >= 4 is 0 Å². The van der Waals surface area contributed by atoms with Crippen LogP contribution in [0.5, 0.6) is 0 Å². The maximum atomic E-state index is 5.73. The Hall–Kier alpha value is -0.910. The van der Waals surface area contributed by atoms with Crippen LogP contribution < -0.4 is 0 Å². The molecule has 2 aliphatic rings. The largest absolute Gasteiger partial charge is 0.444 e. The van der Waals surface area contributed by atoms with E-state index in [0.29, 0.717) is 6.04 Å². The molecular formula is C17H29N3O2. The molecule has 5 nitrogen and oxygen atoms in total. The summed E-state index contributed by atoms with van der Waals surface area (Å²) in [6.45, 7) is 8.45. The van der Waals surface area contributed by atoms with Gasteiger partial charge in [-0.05, 0) is 38.8 Å². The average molecular weight is 307 g/mol. The summed E-state index contributed by atoms with van der Waals surface area (Å²) >= 11 is 0. The van der Waals surface area contributed by atoms with Crippen molar-refractivity contribution in [3.63, 3.8) is 0 Å². The van der Waals surface area contributed by atoms with Crippen molar-refractivity contribution in [1.29, 1.82) is 0 Å². The van der Waals surface area contributed by atoms with Crippen LogP contribution in [-0.4, -0.2) is 60.7 Å². The summed E-state index contributed by atoms with van der Waals surface area (Å²) in [6, 6.07) is 0.622. The number of likely N-dealkylation sites (tertiary alicyclic amines) is 1. The van der Waals surface area contributed by atoms with E-state index in [2.05, 4.69) is 28.8 Å². The van der Waals surface area contributed by atoms with Gasteiger partial charge in [-0.3, -0.25) is 4.90 Å². The van der Waals surface area contributed by atoms with E-state index in [1.54, 1.807) is 0 Å². The van der Waals surface area contributed by atoms with Gasteiger partial charge in [-0.25, -0.2) is 4.98 Å². The number of nitrogens with zero attached hydrogens (tertiary/aromatic N) is 3. The number of hydrogen-bond donors (Lipinski definition) is 0. The van der Waals surface area contributed by atoms with E-state index in [-0.39, 0.29) is 0 Å². The number of aryl methyl sites for hydroxylation is 1. The molecule has 0 spiro atoms. The SMILES string of the molecule is CCc1cnc(CN(C)C2CCN(CC3CCOCC3)C2)o1. The molecular weight excluding hydrogens is 278 g/mol. The molecule has 0 aliphatic carbocycles. The van der Waals surface area contributed by atoms with Gasteiger partial charge in [0.25, 0.3) is 0 Å². The normalized spacial score (nSPS) is 24.4. The Balaban J connectivity index is 1.44. The highest BCUT2D eigenvalue weighted by Crippen LogP contribution is 2.21. The first-order chi connectivity index (χ1) is 10.7. The fourth-order valence-corrected chi connectivity index (χ4v) is 3.56. The highest BCUT2D eigenvalue weighted by molar-refractivity contribution is 4.94. The lowest BCUT2D eigenvalue weighted by atomic mass is 10.00. The molecule has 0 saturated carbocycles. The van der Waals surface area contributed by atoms with Crippen LogP contribution in [0.4, 0.5) is 0 Å². The summed E-state index contributed by atoms with van der Waals surface area (Å²) in [4.78, 5) is 9.40. The molecule has 3 rings (SSSR count). The van der Waals surface area contributed by atoms with Crippen molar-refractivity contribution < 1.29 is 9.15 Å². The van der Waals surface area contributed by atoms with Gasteiger partial charge in [-0.15, -0.1) is 0 Å². The molecule has 2 fully saturated rings. The number of rotatable bonds is 6. The highest BCUT2D eigenvalue weighted by atomic mass is 16.5. The number of oxazole rings is 1. The zero-order valence-corrected chi connectivity index (χ0v) is 14.0. The van der Waals surface area contributed by atoms with Gasteiger partial charge in [-0.1, -0.05) is 6.92 Å². The van der Waals surface area contributed by atoms with E-state index in [9.17, 15) is 0 Å². The third-order valence-electron chi connectivity index (χ3n) is 5.06. The summed E-state index contributed by atoms with van der Waals surface area (Å²) in [5, 5.41) is 0. The Morgan fingerprint density at radius 3 is 2.86 bits per heavy atom. The molecule has 0 aromatic carbocycles. The first kappa shape index (κ1) is 16.0. The fourth-order valence-electron chi connectivity index (χ4n) is 3.56. The Morgan fingerprint density at radius 2 is 2.14 bits per heavy atom. The fraction of sp³-hybridized carbons (Fsp3) is 0.824.